The van der Waals surface area contributed by atoms with Crippen LogP contribution in [0.25, 0.3) is 0 Å². The van der Waals surface area contributed by atoms with E-state index in [0.29, 0.717) is 0 Å². The van der Waals surface area contributed by atoms with Gasteiger partial charge in [-0.3, -0.25) is 0 Å². The Hall–Kier alpha value is -0.610. The number of thiazole rings is 1. The van der Waals surface area contributed by atoms with Gasteiger partial charge >= 0.3 is 0 Å². The van der Waals surface area contributed by atoms with Crippen molar-refractivity contribution in [1.29, 1.82) is 0 Å². The third kappa shape index (κ3) is 2.38. The molecule has 1 aliphatic heterocycles. The quantitative estimate of drug-likeness (QED) is 0.863. The highest BCUT2D eigenvalue weighted by molar-refractivity contribution is 7.15. The van der Waals surface area contributed by atoms with Crippen LogP contribution in [0, 0.1) is 11.8 Å². The highest BCUT2D eigenvalue weighted by atomic mass is 32.1. The summed E-state index contributed by atoms with van der Waals surface area (Å²) in [7, 11) is 0. The molecule has 0 aliphatic carbocycles. The lowest BCUT2D eigenvalue weighted by Gasteiger charge is -2.35. The molecule has 1 N–H and O–H groups in total. The second kappa shape index (κ2) is 4.72. The van der Waals surface area contributed by atoms with Crippen molar-refractivity contribution in [2.75, 3.05) is 18.0 Å². The number of aromatic nitrogens is 1. The molecule has 0 aromatic carbocycles. The molecule has 0 bridgehead atoms. The van der Waals surface area contributed by atoms with Crippen molar-refractivity contribution in [3.8, 4) is 0 Å². The van der Waals surface area contributed by atoms with Crippen molar-refractivity contribution in [2.24, 2.45) is 11.8 Å². The first kappa shape index (κ1) is 11.9. The van der Waals surface area contributed by atoms with E-state index in [1.165, 1.54) is 6.42 Å². The fourth-order valence-corrected chi connectivity index (χ4v) is 2.94. The minimum absolute atomic E-state index is 0.396. The van der Waals surface area contributed by atoms with E-state index in [1.807, 2.05) is 0 Å². The molecule has 1 aromatic rings. The van der Waals surface area contributed by atoms with E-state index >= 15 is 0 Å². The predicted octanol–water partition coefficient (Wildman–Crippen LogP) is 2.68. The molecule has 3 unspecified atom stereocenters. The molecule has 2 rings (SSSR count). The molecule has 0 radical (unpaired) electrons. The average molecular weight is 240 g/mol. The van der Waals surface area contributed by atoms with Crippen molar-refractivity contribution in [3.63, 3.8) is 0 Å². The van der Waals surface area contributed by atoms with E-state index in [0.717, 1.165) is 34.9 Å². The van der Waals surface area contributed by atoms with Crippen LogP contribution in [0.15, 0.2) is 6.20 Å². The Morgan fingerprint density at radius 1 is 1.50 bits per heavy atom. The number of anilines is 1. The highest BCUT2D eigenvalue weighted by Crippen LogP contribution is 2.31. The molecular weight excluding hydrogens is 220 g/mol. The van der Waals surface area contributed by atoms with Gasteiger partial charge in [0.2, 0.25) is 0 Å². The first-order valence-electron chi connectivity index (χ1n) is 5.96. The predicted molar refractivity (Wildman–Crippen MR) is 67.9 cm³/mol. The topological polar surface area (TPSA) is 36.4 Å². The van der Waals surface area contributed by atoms with Gasteiger partial charge in [0.05, 0.1) is 11.0 Å². The van der Waals surface area contributed by atoms with Crippen molar-refractivity contribution in [3.05, 3.63) is 11.1 Å². The van der Waals surface area contributed by atoms with Crippen molar-refractivity contribution < 1.29 is 5.11 Å². The van der Waals surface area contributed by atoms with Crippen LogP contribution in [0.5, 0.6) is 0 Å². The summed E-state index contributed by atoms with van der Waals surface area (Å²) in [4.78, 5) is 7.71. The van der Waals surface area contributed by atoms with Gasteiger partial charge in [-0.15, -0.1) is 0 Å². The van der Waals surface area contributed by atoms with Gasteiger partial charge in [0.15, 0.2) is 5.13 Å². The van der Waals surface area contributed by atoms with Crippen LogP contribution in [0.1, 0.15) is 38.2 Å². The average Bonchev–Trinajstić information content (AvgIpc) is 2.71. The van der Waals surface area contributed by atoms with Crippen LogP contribution in [0.3, 0.4) is 0 Å². The summed E-state index contributed by atoms with van der Waals surface area (Å²) in [5, 5.41) is 10.5. The van der Waals surface area contributed by atoms with E-state index in [1.54, 1.807) is 24.5 Å². The fraction of sp³-hybridized carbons (Fsp3) is 0.750. The summed E-state index contributed by atoms with van der Waals surface area (Å²) in [6.07, 6.45) is 2.64. The van der Waals surface area contributed by atoms with Crippen LogP contribution in [-0.2, 0) is 0 Å². The van der Waals surface area contributed by atoms with E-state index < -0.39 is 6.10 Å². The zero-order chi connectivity index (χ0) is 11.7. The zero-order valence-electron chi connectivity index (χ0n) is 10.2. The number of hydrogen-bond donors (Lipinski definition) is 1. The maximum Gasteiger partial charge on any atom is 0.185 e. The molecule has 0 spiro atoms. The van der Waals surface area contributed by atoms with Crippen LogP contribution >= 0.6 is 11.3 Å². The van der Waals surface area contributed by atoms with Crippen LogP contribution in [0.4, 0.5) is 5.13 Å². The molecule has 3 atom stereocenters. The molecule has 1 saturated heterocycles. The minimum atomic E-state index is -0.396. The molecule has 3 nitrogen and oxygen atoms in total. The van der Waals surface area contributed by atoms with Gasteiger partial charge in [0.1, 0.15) is 0 Å². The summed E-state index contributed by atoms with van der Waals surface area (Å²) in [6.45, 7) is 8.61. The summed E-state index contributed by atoms with van der Waals surface area (Å²) >= 11 is 1.62. The number of nitrogens with zero attached hydrogens (tertiary/aromatic N) is 2. The summed E-state index contributed by atoms with van der Waals surface area (Å²) in [5.74, 6) is 1.54. The molecule has 0 saturated carbocycles. The standard InChI is InChI=1S/C12H20N2OS/c1-8-4-5-14(7-9(8)2)12-13-6-11(16-12)10(3)15/h6,8-10,15H,4-5,7H2,1-3H3. The zero-order valence-corrected chi connectivity index (χ0v) is 11.0. The first-order valence-corrected chi connectivity index (χ1v) is 6.78. The largest absolute Gasteiger partial charge is 0.388 e. The summed E-state index contributed by atoms with van der Waals surface area (Å²) in [6, 6.07) is 0. The smallest absolute Gasteiger partial charge is 0.185 e. The molecule has 4 heteroatoms. The molecule has 1 aromatic heterocycles. The molecule has 1 aliphatic rings. The lowest BCUT2D eigenvalue weighted by molar-refractivity contribution is 0.203. The maximum atomic E-state index is 9.48. The number of rotatable bonds is 2. The highest BCUT2D eigenvalue weighted by Gasteiger charge is 2.24. The second-order valence-corrected chi connectivity index (χ2v) is 5.95. The molecule has 1 fully saturated rings. The Morgan fingerprint density at radius 2 is 2.25 bits per heavy atom. The van der Waals surface area contributed by atoms with Gasteiger partial charge in [0, 0.05) is 19.3 Å². The molecular formula is C12H20N2OS. The van der Waals surface area contributed by atoms with Gasteiger partial charge in [-0.05, 0) is 25.2 Å². The second-order valence-electron chi connectivity index (χ2n) is 4.91. The Kier molecular flexibility index (Phi) is 3.50. The van der Waals surface area contributed by atoms with Crippen LogP contribution in [0.2, 0.25) is 0 Å². The lowest BCUT2D eigenvalue weighted by atomic mass is 9.89. The summed E-state index contributed by atoms with van der Waals surface area (Å²) in [5.41, 5.74) is 0. The van der Waals surface area contributed by atoms with Crippen LogP contribution < -0.4 is 4.90 Å². The van der Waals surface area contributed by atoms with Gasteiger partial charge in [-0.2, -0.15) is 0 Å². The molecule has 16 heavy (non-hydrogen) atoms. The third-order valence-corrected chi connectivity index (χ3v) is 4.76. The maximum absolute atomic E-state index is 9.48. The summed E-state index contributed by atoms with van der Waals surface area (Å²) < 4.78 is 0. The Balaban J connectivity index is 2.07. The molecule has 90 valence electrons. The lowest BCUT2D eigenvalue weighted by Crippen LogP contribution is -2.38. The third-order valence-electron chi connectivity index (χ3n) is 3.53. The van der Waals surface area contributed by atoms with E-state index in [2.05, 4.69) is 23.7 Å². The normalized spacial score (nSPS) is 28.1. The molecule has 0 amide bonds. The minimum Gasteiger partial charge on any atom is -0.388 e. The Labute approximate surface area is 101 Å². The van der Waals surface area contributed by atoms with Gasteiger partial charge in [0.25, 0.3) is 0 Å². The van der Waals surface area contributed by atoms with E-state index in [-0.39, 0.29) is 0 Å². The molecule has 2 heterocycles. The van der Waals surface area contributed by atoms with Gasteiger partial charge in [-0.25, -0.2) is 4.98 Å². The SMILES string of the molecule is CC(O)c1cnc(N2CCC(C)C(C)C2)s1. The number of aliphatic hydroxyl groups excluding tert-OH is 1. The number of hydrogen-bond acceptors (Lipinski definition) is 4. The van der Waals surface area contributed by atoms with E-state index in [9.17, 15) is 5.11 Å². The first-order chi connectivity index (χ1) is 7.58. The fourth-order valence-electron chi connectivity index (χ4n) is 2.05. The number of piperidine rings is 1. The van der Waals surface area contributed by atoms with Gasteiger partial charge in [-0.1, -0.05) is 25.2 Å². The Bertz CT molecular complexity index is 351. The Morgan fingerprint density at radius 3 is 2.81 bits per heavy atom. The van der Waals surface area contributed by atoms with E-state index in [4.69, 9.17) is 0 Å². The monoisotopic (exact) mass is 240 g/mol. The van der Waals surface area contributed by atoms with Crippen LogP contribution in [-0.4, -0.2) is 23.2 Å². The van der Waals surface area contributed by atoms with Crippen molar-refractivity contribution in [2.45, 2.75) is 33.3 Å². The van der Waals surface area contributed by atoms with Crippen molar-refractivity contribution >= 4 is 16.5 Å². The van der Waals surface area contributed by atoms with Crippen molar-refractivity contribution in [1.82, 2.24) is 4.98 Å². The van der Waals surface area contributed by atoms with Gasteiger partial charge < -0.3 is 10.0 Å². The number of aliphatic hydroxyl groups is 1.